The summed E-state index contributed by atoms with van der Waals surface area (Å²) < 4.78 is 0. The summed E-state index contributed by atoms with van der Waals surface area (Å²) in [6.45, 7) is 4.62. The van der Waals surface area contributed by atoms with E-state index in [9.17, 15) is 4.79 Å². The fourth-order valence-electron chi connectivity index (χ4n) is 3.23. The number of carbonyl (C=O) groups is 1. The normalized spacial score (nSPS) is 16.0. The first-order valence-corrected chi connectivity index (χ1v) is 9.86. The number of nitrogens with zero attached hydrogens (tertiary/aromatic N) is 5. The number of thiazole rings is 1. The van der Waals surface area contributed by atoms with Crippen molar-refractivity contribution in [2.45, 2.75) is 45.7 Å². The van der Waals surface area contributed by atoms with Crippen LogP contribution in [0.5, 0.6) is 0 Å². The van der Waals surface area contributed by atoms with Gasteiger partial charge >= 0.3 is 6.03 Å². The molecule has 0 fully saturated rings. The molecule has 1 aromatic carbocycles. The number of hydrogen-bond donors (Lipinski definition) is 2. The van der Waals surface area contributed by atoms with Gasteiger partial charge in [0, 0.05) is 16.1 Å². The summed E-state index contributed by atoms with van der Waals surface area (Å²) in [5, 5.41) is 19.3. The highest BCUT2D eigenvalue weighted by atomic mass is 32.1. The molecule has 4 rings (SSSR count). The van der Waals surface area contributed by atoms with Crippen LogP contribution in [-0.2, 0) is 13.0 Å². The van der Waals surface area contributed by atoms with Gasteiger partial charge in [-0.05, 0) is 50.5 Å². The van der Waals surface area contributed by atoms with Crippen LogP contribution in [0.2, 0.25) is 0 Å². The highest BCUT2D eigenvalue weighted by Crippen LogP contribution is 2.33. The third kappa shape index (κ3) is 3.82. The molecule has 9 heteroatoms. The summed E-state index contributed by atoms with van der Waals surface area (Å²) in [4.78, 5) is 19.9. The first kappa shape index (κ1) is 17.6. The Morgan fingerprint density at radius 2 is 2.30 bits per heavy atom. The van der Waals surface area contributed by atoms with Crippen LogP contribution in [0.25, 0.3) is 11.4 Å². The predicted molar refractivity (Wildman–Crippen MR) is 104 cm³/mol. The van der Waals surface area contributed by atoms with Crippen LogP contribution in [-0.4, -0.2) is 31.2 Å². The van der Waals surface area contributed by atoms with Crippen molar-refractivity contribution in [3.05, 3.63) is 39.8 Å². The van der Waals surface area contributed by atoms with Crippen molar-refractivity contribution in [1.82, 2.24) is 30.5 Å². The molecule has 0 spiro atoms. The van der Waals surface area contributed by atoms with Gasteiger partial charge < -0.3 is 10.6 Å². The van der Waals surface area contributed by atoms with Gasteiger partial charge in [0.1, 0.15) is 0 Å². The molecule has 3 aromatic rings. The van der Waals surface area contributed by atoms with E-state index < -0.39 is 0 Å². The van der Waals surface area contributed by atoms with E-state index in [1.165, 1.54) is 9.67 Å². The van der Waals surface area contributed by atoms with Crippen LogP contribution in [0.4, 0.5) is 10.5 Å². The highest BCUT2D eigenvalue weighted by Gasteiger charge is 2.25. The zero-order chi connectivity index (χ0) is 18.8. The van der Waals surface area contributed by atoms with E-state index in [1.54, 1.807) is 11.3 Å². The summed E-state index contributed by atoms with van der Waals surface area (Å²) in [6, 6.07) is 7.17. The minimum Gasteiger partial charge on any atom is -0.329 e. The number of nitrogens with one attached hydrogen (secondary N) is 2. The third-order valence-corrected chi connectivity index (χ3v) is 5.53. The second-order valence-electron chi connectivity index (χ2n) is 6.47. The van der Waals surface area contributed by atoms with Crippen LogP contribution < -0.4 is 10.6 Å². The van der Waals surface area contributed by atoms with E-state index in [0.717, 1.165) is 35.5 Å². The van der Waals surface area contributed by atoms with Crippen LogP contribution in [0.1, 0.15) is 41.4 Å². The number of rotatable bonds is 4. The Kier molecular flexibility index (Phi) is 4.85. The Labute approximate surface area is 161 Å². The largest absolute Gasteiger partial charge is 0.329 e. The van der Waals surface area contributed by atoms with Gasteiger partial charge in [-0.2, -0.15) is 4.80 Å². The van der Waals surface area contributed by atoms with Gasteiger partial charge in [-0.1, -0.05) is 12.1 Å². The average molecular weight is 383 g/mol. The van der Waals surface area contributed by atoms with E-state index >= 15 is 0 Å². The summed E-state index contributed by atoms with van der Waals surface area (Å²) in [6.07, 6.45) is 3.02. The SMILES string of the molecule is CCn1nnc(-c2cccc(NC(=O)N[C@H]3CCCc4sc(C)nc43)c2)n1. The quantitative estimate of drug-likeness (QED) is 0.720. The Morgan fingerprint density at radius 3 is 3.11 bits per heavy atom. The van der Waals surface area contributed by atoms with E-state index in [1.807, 2.05) is 38.1 Å². The molecule has 0 aliphatic heterocycles. The average Bonchev–Trinajstić information content (AvgIpc) is 3.28. The lowest BCUT2D eigenvalue weighted by Gasteiger charge is -2.22. The van der Waals surface area contributed by atoms with Gasteiger partial charge in [-0.25, -0.2) is 9.78 Å². The molecule has 1 aliphatic rings. The molecular formula is C18H21N7OS. The zero-order valence-corrected chi connectivity index (χ0v) is 16.1. The number of tetrazole rings is 1. The fourth-order valence-corrected chi connectivity index (χ4v) is 4.27. The van der Waals surface area contributed by atoms with Crippen molar-refractivity contribution < 1.29 is 4.79 Å². The maximum absolute atomic E-state index is 12.5. The molecule has 8 nitrogen and oxygen atoms in total. The first-order valence-electron chi connectivity index (χ1n) is 9.04. The second kappa shape index (κ2) is 7.43. The van der Waals surface area contributed by atoms with Crippen LogP contribution in [0.3, 0.4) is 0 Å². The third-order valence-electron chi connectivity index (χ3n) is 4.48. The van der Waals surface area contributed by atoms with E-state index in [4.69, 9.17) is 0 Å². The molecule has 0 bridgehead atoms. The maximum atomic E-state index is 12.5. The van der Waals surface area contributed by atoms with E-state index in [-0.39, 0.29) is 12.1 Å². The number of urea groups is 1. The van der Waals surface area contributed by atoms with Crippen LogP contribution >= 0.6 is 11.3 Å². The first-order chi connectivity index (χ1) is 13.1. The number of hydrogen-bond acceptors (Lipinski definition) is 6. The summed E-state index contributed by atoms with van der Waals surface area (Å²) in [5.41, 5.74) is 2.51. The monoisotopic (exact) mass is 383 g/mol. The summed E-state index contributed by atoms with van der Waals surface area (Å²) >= 11 is 1.72. The summed E-state index contributed by atoms with van der Waals surface area (Å²) in [5.74, 6) is 0.538. The number of anilines is 1. The lowest BCUT2D eigenvalue weighted by atomic mass is 9.98. The molecule has 1 aliphatic carbocycles. The van der Waals surface area contributed by atoms with Crippen LogP contribution in [0, 0.1) is 6.92 Å². The Balaban J connectivity index is 1.45. The minimum atomic E-state index is -0.235. The van der Waals surface area contributed by atoms with Crippen molar-refractivity contribution in [2.75, 3.05) is 5.32 Å². The van der Waals surface area contributed by atoms with E-state index in [0.29, 0.717) is 18.1 Å². The molecule has 27 heavy (non-hydrogen) atoms. The molecule has 2 amide bonds. The Morgan fingerprint density at radius 1 is 1.41 bits per heavy atom. The van der Waals surface area contributed by atoms with Crippen LogP contribution in [0.15, 0.2) is 24.3 Å². The molecule has 2 N–H and O–H groups in total. The van der Waals surface area contributed by atoms with Gasteiger partial charge in [0.05, 0.1) is 23.3 Å². The molecule has 1 atom stereocenters. The van der Waals surface area contributed by atoms with Crippen molar-refractivity contribution >= 4 is 23.1 Å². The van der Waals surface area contributed by atoms with Gasteiger partial charge in [0.15, 0.2) is 0 Å². The standard InChI is InChI=1S/C18H21N7OS/c1-3-25-23-17(22-24-25)12-6-4-7-13(10-12)20-18(26)21-14-8-5-9-15-16(14)19-11(2)27-15/h4,6-7,10,14H,3,5,8-9H2,1-2H3,(H2,20,21,26)/t14-/m0/s1. The molecule has 2 heterocycles. The highest BCUT2D eigenvalue weighted by molar-refractivity contribution is 7.11. The number of aryl methyl sites for hydroxylation is 3. The number of carbonyl (C=O) groups excluding carboxylic acids is 1. The molecule has 0 radical (unpaired) electrons. The summed E-state index contributed by atoms with van der Waals surface area (Å²) in [7, 11) is 0. The molecule has 0 saturated carbocycles. The van der Waals surface area contributed by atoms with Gasteiger partial charge in [0.25, 0.3) is 0 Å². The molecular weight excluding hydrogens is 362 g/mol. The van der Waals surface area contributed by atoms with Crippen molar-refractivity contribution in [2.24, 2.45) is 0 Å². The van der Waals surface area contributed by atoms with Crippen molar-refractivity contribution in [1.29, 1.82) is 0 Å². The second-order valence-corrected chi connectivity index (χ2v) is 7.75. The number of fused-ring (bicyclic) bond motifs is 1. The fraction of sp³-hybridized carbons (Fsp3) is 0.389. The zero-order valence-electron chi connectivity index (χ0n) is 15.3. The number of aromatic nitrogens is 5. The molecule has 140 valence electrons. The smallest absolute Gasteiger partial charge is 0.319 e. The predicted octanol–water partition coefficient (Wildman–Crippen LogP) is 3.32. The topological polar surface area (TPSA) is 97.6 Å². The molecule has 0 unspecified atom stereocenters. The van der Waals surface area contributed by atoms with Gasteiger partial charge in [0.2, 0.25) is 5.82 Å². The Hall–Kier alpha value is -2.81. The lowest BCUT2D eigenvalue weighted by molar-refractivity contribution is 0.247. The van der Waals surface area contributed by atoms with Crippen molar-refractivity contribution in [3.63, 3.8) is 0 Å². The van der Waals surface area contributed by atoms with Gasteiger partial charge in [-0.15, -0.1) is 21.5 Å². The molecule has 0 saturated heterocycles. The molecule has 2 aromatic heterocycles. The Bertz CT molecular complexity index is 964. The van der Waals surface area contributed by atoms with Gasteiger partial charge in [-0.3, -0.25) is 0 Å². The van der Waals surface area contributed by atoms with Crippen molar-refractivity contribution in [3.8, 4) is 11.4 Å². The minimum absolute atomic E-state index is 0.0343. The number of benzene rings is 1. The lowest BCUT2D eigenvalue weighted by Crippen LogP contribution is -2.34. The van der Waals surface area contributed by atoms with E-state index in [2.05, 4.69) is 31.0 Å². The number of amides is 2. The maximum Gasteiger partial charge on any atom is 0.319 e.